The van der Waals surface area contributed by atoms with Crippen LogP contribution in [-0.2, 0) is 11.3 Å². The van der Waals surface area contributed by atoms with Crippen LogP contribution in [0.3, 0.4) is 0 Å². The number of hydrogen-bond donors (Lipinski definition) is 2. The Morgan fingerprint density at radius 1 is 1.14 bits per heavy atom. The highest BCUT2D eigenvalue weighted by Gasteiger charge is 2.34. The van der Waals surface area contributed by atoms with Gasteiger partial charge in [0.15, 0.2) is 11.5 Å². The lowest BCUT2D eigenvalue weighted by molar-refractivity contribution is -0.118. The number of nitrogens with zero attached hydrogens (tertiary/aromatic N) is 1. The molecule has 0 aliphatic carbocycles. The quantitative estimate of drug-likeness (QED) is 0.857. The Morgan fingerprint density at radius 2 is 2.04 bits per heavy atom. The summed E-state index contributed by atoms with van der Waals surface area (Å²) in [7, 11) is 0. The minimum absolute atomic E-state index is 0.0186. The summed E-state index contributed by atoms with van der Waals surface area (Å²) >= 11 is 0. The number of fused-ring (bicyclic) bond motifs is 4. The maximum Gasteiger partial charge on any atom is 0.251 e. The maximum atomic E-state index is 12.6. The summed E-state index contributed by atoms with van der Waals surface area (Å²) in [6.07, 6.45) is 3.04. The summed E-state index contributed by atoms with van der Waals surface area (Å²) in [5, 5.41) is 5.88. The molecule has 2 aromatic rings. The van der Waals surface area contributed by atoms with Crippen molar-refractivity contribution in [1.29, 1.82) is 0 Å². The van der Waals surface area contributed by atoms with E-state index in [0.717, 1.165) is 42.8 Å². The third-order valence-corrected chi connectivity index (χ3v) is 5.52. The molecule has 2 aromatic carbocycles. The second-order valence-electron chi connectivity index (χ2n) is 7.30. The van der Waals surface area contributed by atoms with Gasteiger partial charge in [-0.1, -0.05) is 6.07 Å². The highest BCUT2D eigenvalue weighted by Crippen LogP contribution is 2.36. The van der Waals surface area contributed by atoms with Gasteiger partial charge in [-0.15, -0.1) is 0 Å². The molecule has 1 atom stereocenters. The van der Waals surface area contributed by atoms with Crippen LogP contribution in [0.25, 0.3) is 0 Å². The van der Waals surface area contributed by atoms with Crippen LogP contribution in [0.15, 0.2) is 36.4 Å². The molecule has 2 amide bonds. The SMILES string of the molecule is O=C(NCc1ccc2c(c1)OCO2)c1ccc2c(c1)NC(=O)C1CCCCN21. The largest absolute Gasteiger partial charge is 0.454 e. The smallest absolute Gasteiger partial charge is 0.251 e. The van der Waals surface area contributed by atoms with Crippen LogP contribution in [0.2, 0.25) is 0 Å². The number of carbonyl (C=O) groups excluding carboxylic acids is 2. The third kappa shape index (κ3) is 2.93. The van der Waals surface area contributed by atoms with Gasteiger partial charge in [-0.2, -0.15) is 0 Å². The van der Waals surface area contributed by atoms with Crippen molar-refractivity contribution in [2.75, 3.05) is 23.6 Å². The highest BCUT2D eigenvalue weighted by molar-refractivity contribution is 6.05. The molecule has 2 N–H and O–H groups in total. The first-order chi connectivity index (χ1) is 13.7. The monoisotopic (exact) mass is 379 g/mol. The lowest BCUT2D eigenvalue weighted by Gasteiger charge is -2.41. The molecule has 1 unspecified atom stereocenters. The first-order valence-corrected chi connectivity index (χ1v) is 9.57. The van der Waals surface area contributed by atoms with E-state index < -0.39 is 0 Å². The molecular formula is C21H21N3O4. The Balaban J connectivity index is 1.31. The van der Waals surface area contributed by atoms with Crippen LogP contribution < -0.4 is 25.0 Å². The van der Waals surface area contributed by atoms with Crippen LogP contribution in [0.1, 0.15) is 35.2 Å². The van der Waals surface area contributed by atoms with Gasteiger partial charge in [0.05, 0.1) is 11.4 Å². The van der Waals surface area contributed by atoms with Crippen molar-refractivity contribution in [3.05, 3.63) is 47.5 Å². The number of rotatable bonds is 3. The molecule has 0 aromatic heterocycles. The van der Waals surface area contributed by atoms with Gasteiger partial charge >= 0.3 is 0 Å². The van der Waals surface area contributed by atoms with Gasteiger partial charge in [-0.3, -0.25) is 9.59 Å². The summed E-state index contributed by atoms with van der Waals surface area (Å²) < 4.78 is 10.7. The number of ether oxygens (including phenoxy) is 2. The van der Waals surface area contributed by atoms with Crippen LogP contribution in [-0.4, -0.2) is 31.2 Å². The number of piperidine rings is 1. The van der Waals surface area contributed by atoms with Crippen molar-refractivity contribution in [2.24, 2.45) is 0 Å². The fourth-order valence-electron chi connectivity index (χ4n) is 4.07. The summed E-state index contributed by atoms with van der Waals surface area (Å²) in [4.78, 5) is 27.2. The maximum absolute atomic E-state index is 12.6. The molecule has 0 bridgehead atoms. The third-order valence-electron chi connectivity index (χ3n) is 5.52. The van der Waals surface area contributed by atoms with E-state index in [9.17, 15) is 9.59 Å². The average molecular weight is 379 g/mol. The second-order valence-corrected chi connectivity index (χ2v) is 7.30. The highest BCUT2D eigenvalue weighted by atomic mass is 16.7. The van der Waals surface area contributed by atoms with Gasteiger partial charge in [0.2, 0.25) is 12.7 Å². The van der Waals surface area contributed by atoms with E-state index in [1.54, 1.807) is 6.07 Å². The fraction of sp³-hybridized carbons (Fsp3) is 0.333. The number of nitrogens with one attached hydrogen (secondary N) is 2. The van der Waals surface area contributed by atoms with E-state index in [1.165, 1.54) is 0 Å². The molecule has 7 heteroatoms. The summed E-state index contributed by atoms with van der Waals surface area (Å²) in [6, 6.07) is 11.0. The van der Waals surface area contributed by atoms with Gasteiger partial charge < -0.3 is 25.0 Å². The molecule has 3 heterocycles. The van der Waals surface area contributed by atoms with Gasteiger partial charge in [0.1, 0.15) is 6.04 Å². The Labute approximate surface area is 162 Å². The standard InChI is InChI=1S/C21H21N3O4/c25-20(22-11-13-4-7-18-19(9-13)28-12-27-18)14-5-6-16-15(10-14)23-21(26)17-3-1-2-8-24(16)17/h4-7,9-10,17H,1-3,8,11-12H2,(H,22,25)(H,23,26). The number of carbonyl (C=O) groups is 2. The first-order valence-electron chi connectivity index (χ1n) is 9.57. The topological polar surface area (TPSA) is 79.9 Å². The van der Waals surface area contributed by atoms with Gasteiger partial charge in [0, 0.05) is 18.7 Å². The molecule has 28 heavy (non-hydrogen) atoms. The van der Waals surface area contributed by atoms with Gasteiger partial charge in [0.25, 0.3) is 5.91 Å². The van der Waals surface area contributed by atoms with Gasteiger partial charge in [-0.05, 0) is 55.2 Å². The summed E-state index contributed by atoms with van der Waals surface area (Å²) in [5.74, 6) is 1.25. The molecule has 5 rings (SSSR count). The molecule has 1 fully saturated rings. The first kappa shape index (κ1) is 16.9. The number of amides is 2. The van der Waals surface area contributed by atoms with Crippen LogP contribution in [0.4, 0.5) is 11.4 Å². The van der Waals surface area contributed by atoms with Crippen molar-refractivity contribution in [2.45, 2.75) is 31.8 Å². The van der Waals surface area contributed by atoms with E-state index in [1.807, 2.05) is 30.3 Å². The van der Waals surface area contributed by atoms with E-state index in [2.05, 4.69) is 15.5 Å². The molecule has 0 spiro atoms. The fourth-order valence-corrected chi connectivity index (χ4v) is 4.07. The zero-order chi connectivity index (χ0) is 19.1. The lowest BCUT2D eigenvalue weighted by atomic mass is 9.97. The molecule has 3 aliphatic heterocycles. The van der Waals surface area contributed by atoms with E-state index in [0.29, 0.717) is 23.5 Å². The minimum atomic E-state index is -0.185. The number of anilines is 2. The van der Waals surface area contributed by atoms with E-state index >= 15 is 0 Å². The minimum Gasteiger partial charge on any atom is -0.454 e. The molecule has 0 saturated carbocycles. The normalized spacial score (nSPS) is 19.5. The number of hydrogen-bond acceptors (Lipinski definition) is 5. The zero-order valence-corrected chi connectivity index (χ0v) is 15.4. The Morgan fingerprint density at radius 3 is 2.96 bits per heavy atom. The molecule has 3 aliphatic rings. The molecule has 0 radical (unpaired) electrons. The second kappa shape index (κ2) is 6.74. The average Bonchev–Trinajstić information content (AvgIpc) is 3.20. The van der Waals surface area contributed by atoms with Gasteiger partial charge in [-0.25, -0.2) is 0 Å². The Kier molecular flexibility index (Phi) is 4.07. The lowest BCUT2D eigenvalue weighted by Crippen LogP contribution is -2.50. The van der Waals surface area contributed by atoms with Crippen LogP contribution in [0.5, 0.6) is 11.5 Å². The molecule has 144 valence electrons. The van der Waals surface area contributed by atoms with Crippen molar-refractivity contribution in [3.8, 4) is 11.5 Å². The van der Waals surface area contributed by atoms with E-state index in [-0.39, 0.29) is 24.6 Å². The van der Waals surface area contributed by atoms with Crippen molar-refractivity contribution >= 4 is 23.2 Å². The predicted molar refractivity (Wildman–Crippen MR) is 104 cm³/mol. The Bertz CT molecular complexity index is 959. The van der Waals surface area contributed by atoms with Crippen molar-refractivity contribution in [1.82, 2.24) is 5.32 Å². The zero-order valence-electron chi connectivity index (χ0n) is 15.4. The summed E-state index contributed by atoms with van der Waals surface area (Å²) in [5.41, 5.74) is 3.16. The Hall–Kier alpha value is -3.22. The van der Waals surface area contributed by atoms with Crippen molar-refractivity contribution in [3.63, 3.8) is 0 Å². The molecule has 1 saturated heterocycles. The van der Waals surface area contributed by atoms with Crippen LogP contribution >= 0.6 is 0 Å². The number of benzene rings is 2. The molecule has 7 nitrogen and oxygen atoms in total. The van der Waals surface area contributed by atoms with E-state index in [4.69, 9.17) is 9.47 Å². The van der Waals surface area contributed by atoms with Crippen molar-refractivity contribution < 1.29 is 19.1 Å². The predicted octanol–water partition coefficient (Wildman–Crippen LogP) is 2.66. The van der Waals surface area contributed by atoms with Crippen LogP contribution in [0, 0.1) is 0 Å². The molecular weight excluding hydrogens is 358 g/mol. The summed E-state index contributed by atoms with van der Waals surface area (Å²) in [6.45, 7) is 1.48.